The molecular formula is C33H26BrClN2O6. The summed E-state index contributed by atoms with van der Waals surface area (Å²) in [5, 5.41) is 2.88. The van der Waals surface area contributed by atoms with Crippen molar-refractivity contribution in [3.05, 3.63) is 123 Å². The molecule has 0 atom stereocenters. The van der Waals surface area contributed by atoms with Crippen molar-refractivity contribution in [2.24, 2.45) is 0 Å². The van der Waals surface area contributed by atoms with Crippen LogP contribution >= 0.6 is 27.5 Å². The van der Waals surface area contributed by atoms with E-state index in [1.54, 1.807) is 48.5 Å². The van der Waals surface area contributed by atoms with Crippen molar-refractivity contribution in [1.29, 1.82) is 0 Å². The maximum absolute atomic E-state index is 13.5. The van der Waals surface area contributed by atoms with Crippen LogP contribution in [0.3, 0.4) is 0 Å². The van der Waals surface area contributed by atoms with Gasteiger partial charge in [0.05, 0.1) is 16.8 Å². The number of nitrogens with zero attached hydrogens (tertiary/aromatic N) is 1. The van der Waals surface area contributed by atoms with Gasteiger partial charge >= 0.3 is 6.03 Å². The van der Waals surface area contributed by atoms with Crippen LogP contribution in [0.1, 0.15) is 23.6 Å². The molecular weight excluding hydrogens is 636 g/mol. The van der Waals surface area contributed by atoms with Crippen LogP contribution in [0.4, 0.5) is 10.5 Å². The molecule has 1 aliphatic heterocycles. The molecule has 1 aliphatic rings. The molecule has 0 bridgehead atoms. The molecule has 4 amide bonds. The van der Waals surface area contributed by atoms with Crippen molar-refractivity contribution >= 4 is 57.1 Å². The summed E-state index contributed by atoms with van der Waals surface area (Å²) >= 11 is 9.50. The SMILES string of the molecule is CCOc1cc(/C=C2\C(=O)NC(=O)N(c3ccc(OCc4ccccc4)cc3)C2=O)cc(Br)c1OCc1ccc(Cl)cc1. The molecule has 1 N–H and O–H groups in total. The summed E-state index contributed by atoms with van der Waals surface area (Å²) in [5.74, 6) is -0.115. The van der Waals surface area contributed by atoms with Crippen LogP contribution in [0.25, 0.3) is 6.08 Å². The highest BCUT2D eigenvalue weighted by atomic mass is 79.9. The second kappa shape index (κ2) is 13.6. The van der Waals surface area contributed by atoms with Crippen molar-refractivity contribution in [3.8, 4) is 17.2 Å². The summed E-state index contributed by atoms with van der Waals surface area (Å²) in [6.07, 6.45) is 1.41. The van der Waals surface area contributed by atoms with Crippen molar-refractivity contribution in [2.75, 3.05) is 11.5 Å². The fourth-order valence-electron chi connectivity index (χ4n) is 4.30. The van der Waals surface area contributed by atoms with E-state index < -0.39 is 17.8 Å². The Kier molecular flexibility index (Phi) is 9.44. The average Bonchev–Trinajstić information content (AvgIpc) is 3.00. The van der Waals surface area contributed by atoms with Gasteiger partial charge in [-0.05, 0) is 94.2 Å². The average molecular weight is 662 g/mol. The highest BCUT2D eigenvalue weighted by Crippen LogP contribution is 2.38. The second-order valence-corrected chi connectivity index (χ2v) is 10.7. The third kappa shape index (κ3) is 7.25. The maximum Gasteiger partial charge on any atom is 0.335 e. The zero-order chi connectivity index (χ0) is 30.3. The molecule has 0 aromatic heterocycles. The number of rotatable bonds is 10. The van der Waals surface area contributed by atoms with Gasteiger partial charge in [-0.15, -0.1) is 0 Å². The van der Waals surface area contributed by atoms with Gasteiger partial charge in [0.1, 0.15) is 24.5 Å². The van der Waals surface area contributed by atoms with Gasteiger partial charge < -0.3 is 14.2 Å². The van der Waals surface area contributed by atoms with E-state index in [9.17, 15) is 14.4 Å². The molecule has 4 aromatic carbocycles. The van der Waals surface area contributed by atoms with E-state index in [4.69, 9.17) is 25.8 Å². The van der Waals surface area contributed by atoms with Crippen LogP contribution in [0.5, 0.6) is 17.2 Å². The number of hydrogen-bond donors (Lipinski definition) is 1. The van der Waals surface area contributed by atoms with Gasteiger partial charge in [-0.25, -0.2) is 9.69 Å². The largest absolute Gasteiger partial charge is 0.490 e. The Bertz CT molecular complexity index is 1670. The maximum atomic E-state index is 13.5. The number of carbonyl (C=O) groups excluding carboxylic acids is 3. The normalized spacial score (nSPS) is 14.1. The fourth-order valence-corrected chi connectivity index (χ4v) is 5.00. The van der Waals surface area contributed by atoms with Crippen molar-refractivity contribution in [3.63, 3.8) is 0 Å². The molecule has 1 saturated heterocycles. The van der Waals surface area contributed by atoms with E-state index in [-0.39, 0.29) is 17.9 Å². The number of urea groups is 1. The van der Waals surface area contributed by atoms with Gasteiger partial charge in [-0.2, -0.15) is 0 Å². The molecule has 0 radical (unpaired) electrons. The zero-order valence-corrected chi connectivity index (χ0v) is 25.4. The summed E-state index contributed by atoms with van der Waals surface area (Å²) in [6.45, 7) is 2.83. The highest BCUT2D eigenvalue weighted by Gasteiger charge is 2.37. The van der Waals surface area contributed by atoms with Crippen LogP contribution < -0.4 is 24.4 Å². The van der Waals surface area contributed by atoms with Crippen molar-refractivity contribution in [1.82, 2.24) is 5.32 Å². The molecule has 0 aliphatic carbocycles. The highest BCUT2D eigenvalue weighted by molar-refractivity contribution is 9.10. The van der Waals surface area contributed by atoms with Gasteiger partial charge in [0.2, 0.25) is 0 Å². The Morgan fingerprint density at radius 1 is 0.837 bits per heavy atom. The number of halogens is 2. The van der Waals surface area contributed by atoms with Gasteiger partial charge in [0.15, 0.2) is 11.5 Å². The Morgan fingerprint density at radius 3 is 2.21 bits per heavy atom. The first-order valence-electron chi connectivity index (χ1n) is 13.3. The minimum absolute atomic E-state index is 0.215. The smallest absolute Gasteiger partial charge is 0.335 e. The van der Waals surface area contributed by atoms with Crippen molar-refractivity contribution in [2.45, 2.75) is 20.1 Å². The van der Waals surface area contributed by atoms with Crippen LogP contribution in [0, 0.1) is 0 Å². The summed E-state index contributed by atoms with van der Waals surface area (Å²) in [7, 11) is 0. The number of nitrogens with one attached hydrogen (secondary N) is 1. The predicted molar refractivity (Wildman–Crippen MR) is 167 cm³/mol. The standard InChI is InChI=1S/C33H26BrClN2O6/c1-2-41-29-18-23(17-28(34)30(29)43-20-22-8-10-24(35)11-9-22)16-27-31(38)36-33(40)37(32(27)39)25-12-14-26(15-13-25)42-19-21-6-4-3-5-7-21/h3-18H,2,19-20H2,1H3,(H,36,38,40)/b27-16+. The number of anilines is 1. The molecule has 10 heteroatoms. The Morgan fingerprint density at radius 2 is 1.51 bits per heavy atom. The molecule has 0 spiro atoms. The molecule has 5 rings (SSSR count). The summed E-state index contributed by atoms with van der Waals surface area (Å²) in [6, 6.07) is 26.0. The molecule has 8 nitrogen and oxygen atoms in total. The number of hydrogen-bond acceptors (Lipinski definition) is 6. The Balaban J connectivity index is 1.36. The van der Waals surface area contributed by atoms with Gasteiger partial charge in [0.25, 0.3) is 11.8 Å². The van der Waals surface area contributed by atoms with Crippen molar-refractivity contribution < 1.29 is 28.6 Å². The molecule has 1 heterocycles. The van der Waals surface area contributed by atoms with E-state index >= 15 is 0 Å². The molecule has 218 valence electrons. The molecule has 43 heavy (non-hydrogen) atoms. The topological polar surface area (TPSA) is 94.2 Å². The molecule has 4 aromatic rings. The monoisotopic (exact) mass is 660 g/mol. The molecule has 0 unspecified atom stereocenters. The quantitative estimate of drug-likeness (QED) is 0.141. The lowest BCUT2D eigenvalue weighted by molar-refractivity contribution is -0.122. The van der Waals surface area contributed by atoms with Crippen LogP contribution in [0.2, 0.25) is 5.02 Å². The van der Waals surface area contributed by atoms with E-state index in [1.807, 2.05) is 49.4 Å². The Hall–Kier alpha value is -4.60. The lowest BCUT2D eigenvalue weighted by Crippen LogP contribution is -2.54. The number of amides is 4. The lowest BCUT2D eigenvalue weighted by Gasteiger charge is -2.26. The first-order chi connectivity index (χ1) is 20.8. The van der Waals surface area contributed by atoms with E-state index in [1.165, 1.54) is 6.08 Å². The third-order valence-corrected chi connectivity index (χ3v) is 7.23. The summed E-state index contributed by atoms with van der Waals surface area (Å²) in [5.41, 5.74) is 2.48. The number of benzene rings is 4. The first-order valence-corrected chi connectivity index (χ1v) is 14.5. The van der Waals surface area contributed by atoms with Crippen LogP contribution in [-0.2, 0) is 22.8 Å². The van der Waals surface area contributed by atoms with Gasteiger partial charge in [-0.3, -0.25) is 14.9 Å². The summed E-state index contributed by atoms with van der Waals surface area (Å²) < 4.78 is 18.2. The number of ether oxygens (including phenoxy) is 3. The van der Waals surface area contributed by atoms with Gasteiger partial charge in [0, 0.05) is 5.02 Å². The fraction of sp³-hybridized carbons (Fsp3) is 0.121. The van der Waals surface area contributed by atoms with Crippen LogP contribution in [0.15, 0.2) is 101 Å². The van der Waals surface area contributed by atoms with E-state index in [0.29, 0.717) is 45.5 Å². The van der Waals surface area contributed by atoms with E-state index in [2.05, 4.69) is 21.2 Å². The lowest BCUT2D eigenvalue weighted by atomic mass is 10.1. The summed E-state index contributed by atoms with van der Waals surface area (Å²) in [4.78, 5) is 39.9. The number of barbiturate groups is 1. The van der Waals surface area contributed by atoms with Crippen LogP contribution in [-0.4, -0.2) is 24.5 Å². The number of imide groups is 2. The minimum atomic E-state index is -0.841. The molecule has 0 saturated carbocycles. The Labute approximate surface area is 261 Å². The first kappa shape index (κ1) is 29.9. The van der Waals surface area contributed by atoms with E-state index in [0.717, 1.165) is 16.0 Å². The molecule has 1 fully saturated rings. The minimum Gasteiger partial charge on any atom is -0.490 e. The van der Waals surface area contributed by atoms with Gasteiger partial charge in [-0.1, -0.05) is 54.1 Å². The number of carbonyl (C=O) groups is 3. The zero-order valence-electron chi connectivity index (χ0n) is 23.0. The second-order valence-electron chi connectivity index (χ2n) is 9.40. The third-order valence-electron chi connectivity index (χ3n) is 6.38. The predicted octanol–water partition coefficient (Wildman–Crippen LogP) is 7.33.